The van der Waals surface area contributed by atoms with Crippen LogP contribution in [0.3, 0.4) is 0 Å². The number of nitrogens with zero attached hydrogens (tertiary/aromatic N) is 1. The molecule has 4 atom stereocenters. The van der Waals surface area contributed by atoms with Gasteiger partial charge in [-0.3, -0.25) is 0 Å². The monoisotopic (exact) mass is 803 g/mol. The van der Waals surface area contributed by atoms with Gasteiger partial charge in [-0.15, -0.1) is 0 Å². The molecule has 1 heteroatoms. The maximum atomic E-state index is 2.55. The molecule has 2 fully saturated rings. The first-order chi connectivity index (χ1) is 30.3. The molecule has 0 amide bonds. The summed E-state index contributed by atoms with van der Waals surface area (Å²) in [6, 6.07) is 68.5. The van der Waals surface area contributed by atoms with Gasteiger partial charge in [-0.25, -0.2) is 0 Å². The van der Waals surface area contributed by atoms with E-state index in [4.69, 9.17) is 0 Å². The summed E-state index contributed by atoms with van der Waals surface area (Å²) in [4.78, 5) is 2.55. The van der Waals surface area contributed by atoms with E-state index in [1.807, 2.05) is 0 Å². The van der Waals surface area contributed by atoms with Crippen LogP contribution in [0.5, 0.6) is 0 Å². The summed E-state index contributed by atoms with van der Waals surface area (Å²) in [5.41, 5.74) is 18.1. The fraction of sp³-hybridized carbons (Fsp3) is 0.246. The average molecular weight is 804 g/mol. The van der Waals surface area contributed by atoms with E-state index in [-0.39, 0.29) is 5.41 Å². The van der Waals surface area contributed by atoms with Crippen molar-refractivity contribution in [2.45, 2.75) is 77.0 Å². The van der Waals surface area contributed by atoms with Crippen molar-refractivity contribution in [2.24, 2.45) is 17.8 Å². The Morgan fingerprint density at radius 3 is 1.87 bits per heavy atom. The molecule has 2 saturated carbocycles. The molecule has 0 spiro atoms. The highest BCUT2D eigenvalue weighted by Crippen LogP contribution is 2.57. The number of para-hydroxylation sites is 1. The summed E-state index contributed by atoms with van der Waals surface area (Å²) in [5.74, 6) is 2.55. The number of anilines is 3. The van der Waals surface area contributed by atoms with Crippen molar-refractivity contribution >= 4 is 27.8 Å². The third kappa shape index (κ3) is 6.43. The standard InChI is InChI=1S/C61H57N/c1-5-42-37-43-36-41(2)38-61(39-42,40-43)48-32-28-44(29-33-48)45-30-34-49(35-31-45)62(57-27-15-24-54-51-20-9-11-25-55(51)60(3,4)59(54)57)56-26-12-10-21-52(56)53-23-14-19-47-18-13-22-50(58(47)53)46-16-7-6-8-17-46/h6-35,41-43H,5,36-40H2,1-4H3. The molecule has 0 aromatic heterocycles. The van der Waals surface area contributed by atoms with Crippen molar-refractivity contribution in [3.8, 4) is 44.5 Å². The minimum absolute atomic E-state index is 0.192. The van der Waals surface area contributed by atoms with Crippen LogP contribution in [0.4, 0.5) is 17.1 Å². The van der Waals surface area contributed by atoms with Crippen LogP contribution < -0.4 is 4.90 Å². The highest BCUT2D eigenvalue weighted by molar-refractivity contribution is 6.09. The van der Waals surface area contributed by atoms with E-state index in [9.17, 15) is 0 Å². The first kappa shape index (κ1) is 38.7. The van der Waals surface area contributed by atoms with Crippen LogP contribution in [-0.2, 0) is 10.8 Å². The summed E-state index contributed by atoms with van der Waals surface area (Å²) < 4.78 is 0. The van der Waals surface area contributed by atoms with Gasteiger partial charge in [0.25, 0.3) is 0 Å². The SMILES string of the molecule is CCC1CC2CC(C)CC(c3ccc(-c4ccc(N(c5ccccc5-c5cccc6cccc(-c7ccccc7)c56)c5cccc6c5C(C)(C)c5ccccc5-6)cc4)cc3)(C1)C2. The van der Waals surface area contributed by atoms with Crippen LogP contribution in [-0.4, -0.2) is 0 Å². The molecule has 62 heavy (non-hydrogen) atoms. The predicted octanol–water partition coefficient (Wildman–Crippen LogP) is 17.1. The number of hydrogen-bond acceptors (Lipinski definition) is 1. The van der Waals surface area contributed by atoms with Crippen molar-refractivity contribution in [2.75, 3.05) is 4.90 Å². The van der Waals surface area contributed by atoms with Crippen LogP contribution in [0.2, 0.25) is 0 Å². The Kier molecular flexibility index (Phi) is 9.57. The Bertz CT molecular complexity index is 2910. The Labute approximate surface area is 369 Å². The van der Waals surface area contributed by atoms with Gasteiger partial charge in [0.1, 0.15) is 0 Å². The lowest BCUT2D eigenvalue weighted by Gasteiger charge is -2.51. The highest BCUT2D eigenvalue weighted by atomic mass is 15.1. The van der Waals surface area contributed by atoms with Gasteiger partial charge < -0.3 is 4.90 Å². The lowest BCUT2D eigenvalue weighted by Crippen LogP contribution is -2.42. The zero-order valence-corrected chi connectivity index (χ0v) is 36.7. The summed E-state index contributed by atoms with van der Waals surface area (Å²) in [7, 11) is 0. The lowest BCUT2D eigenvalue weighted by atomic mass is 9.54. The van der Waals surface area contributed by atoms with Crippen molar-refractivity contribution in [3.63, 3.8) is 0 Å². The number of rotatable bonds is 8. The van der Waals surface area contributed by atoms with Gasteiger partial charge in [0.2, 0.25) is 0 Å². The van der Waals surface area contributed by atoms with E-state index in [1.54, 1.807) is 5.56 Å². The first-order valence-corrected chi connectivity index (χ1v) is 23.2. The first-order valence-electron chi connectivity index (χ1n) is 23.2. The third-order valence-corrected chi connectivity index (χ3v) is 15.3. The second-order valence-electron chi connectivity index (χ2n) is 19.5. The van der Waals surface area contributed by atoms with Crippen LogP contribution in [0.1, 0.15) is 82.9 Å². The molecule has 3 aliphatic rings. The van der Waals surface area contributed by atoms with Crippen molar-refractivity contribution < 1.29 is 0 Å². The molecule has 0 saturated heterocycles. The molecule has 8 aromatic rings. The molecule has 4 unspecified atom stereocenters. The molecule has 3 aliphatic carbocycles. The Balaban J connectivity index is 1.05. The number of fused-ring (bicyclic) bond motifs is 6. The predicted molar refractivity (Wildman–Crippen MR) is 264 cm³/mol. The zero-order valence-electron chi connectivity index (χ0n) is 36.7. The van der Waals surface area contributed by atoms with E-state index in [0.29, 0.717) is 5.41 Å². The van der Waals surface area contributed by atoms with Gasteiger partial charge in [-0.2, -0.15) is 0 Å². The minimum atomic E-state index is -0.192. The summed E-state index contributed by atoms with van der Waals surface area (Å²) in [6.45, 7) is 9.71. The third-order valence-electron chi connectivity index (χ3n) is 15.3. The second-order valence-corrected chi connectivity index (χ2v) is 19.5. The fourth-order valence-electron chi connectivity index (χ4n) is 12.7. The van der Waals surface area contributed by atoms with Gasteiger partial charge in [0.15, 0.2) is 0 Å². The van der Waals surface area contributed by atoms with E-state index in [0.717, 1.165) is 29.1 Å². The zero-order chi connectivity index (χ0) is 42.0. The molecule has 0 heterocycles. The molecule has 2 bridgehead atoms. The molecule has 11 rings (SSSR count). The Hall–Kier alpha value is -6.18. The summed E-state index contributed by atoms with van der Waals surface area (Å²) in [5, 5.41) is 2.51. The quantitative estimate of drug-likeness (QED) is 0.148. The summed E-state index contributed by atoms with van der Waals surface area (Å²) in [6.07, 6.45) is 8.22. The largest absolute Gasteiger partial charge is 0.310 e. The van der Waals surface area contributed by atoms with Gasteiger partial charge in [-0.05, 0) is 146 Å². The molecule has 0 N–H and O–H groups in total. The smallest absolute Gasteiger partial charge is 0.0540 e. The van der Waals surface area contributed by atoms with E-state index < -0.39 is 0 Å². The van der Waals surface area contributed by atoms with Crippen LogP contribution >= 0.6 is 0 Å². The topological polar surface area (TPSA) is 3.24 Å². The van der Waals surface area contributed by atoms with E-state index in [2.05, 4.69) is 215 Å². The molecule has 0 radical (unpaired) electrons. The molecule has 1 nitrogen and oxygen atoms in total. The number of hydrogen-bond donors (Lipinski definition) is 0. The molecular formula is C61H57N. The van der Waals surface area contributed by atoms with Gasteiger partial charge in [0.05, 0.1) is 11.4 Å². The van der Waals surface area contributed by atoms with Crippen molar-refractivity contribution in [3.05, 3.63) is 199 Å². The van der Waals surface area contributed by atoms with Crippen molar-refractivity contribution in [1.29, 1.82) is 0 Å². The lowest BCUT2D eigenvalue weighted by molar-refractivity contribution is 0.0702. The maximum Gasteiger partial charge on any atom is 0.0540 e. The highest BCUT2D eigenvalue weighted by Gasteiger charge is 2.46. The fourth-order valence-corrected chi connectivity index (χ4v) is 12.7. The van der Waals surface area contributed by atoms with Crippen LogP contribution in [0.15, 0.2) is 182 Å². The van der Waals surface area contributed by atoms with Crippen molar-refractivity contribution in [1.82, 2.24) is 0 Å². The van der Waals surface area contributed by atoms with Crippen LogP contribution in [0, 0.1) is 17.8 Å². The van der Waals surface area contributed by atoms with Gasteiger partial charge in [-0.1, -0.05) is 192 Å². The summed E-state index contributed by atoms with van der Waals surface area (Å²) >= 11 is 0. The Morgan fingerprint density at radius 1 is 0.500 bits per heavy atom. The number of benzene rings is 8. The van der Waals surface area contributed by atoms with Gasteiger partial charge in [0, 0.05) is 16.7 Å². The minimum Gasteiger partial charge on any atom is -0.310 e. The molecule has 8 aromatic carbocycles. The molecule has 0 aliphatic heterocycles. The second kappa shape index (κ2) is 15.3. The maximum absolute atomic E-state index is 2.55. The van der Waals surface area contributed by atoms with Gasteiger partial charge >= 0.3 is 0 Å². The van der Waals surface area contributed by atoms with E-state index in [1.165, 1.54) is 111 Å². The van der Waals surface area contributed by atoms with Crippen LogP contribution in [0.25, 0.3) is 55.3 Å². The van der Waals surface area contributed by atoms with E-state index >= 15 is 0 Å². The average Bonchev–Trinajstić information content (AvgIpc) is 3.55. The Morgan fingerprint density at radius 2 is 1.11 bits per heavy atom. The molecular weight excluding hydrogens is 747 g/mol. The normalized spacial score (nSPS) is 21.0. The molecule has 306 valence electrons.